The molecule has 0 saturated heterocycles. The SMILES string of the molecule is CC(C)C(N)C(=O)C(C)(C)O. The zero-order chi connectivity index (χ0) is 9.23. The molecule has 0 aromatic rings. The van der Waals surface area contributed by atoms with Crippen LogP contribution in [0, 0.1) is 5.92 Å². The van der Waals surface area contributed by atoms with Gasteiger partial charge in [-0.05, 0) is 19.8 Å². The Morgan fingerprint density at radius 1 is 1.45 bits per heavy atom. The molecule has 66 valence electrons. The molecule has 0 rings (SSSR count). The minimum absolute atomic E-state index is 0.0777. The van der Waals surface area contributed by atoms with Crippen molar-refractivity contribution in [2.24, 2.45) is 11.7 Å². The summed E-state index contributed by atoms with van der Waals surface area (Å²) in [5.41, 5.74) is 4.23. The molecule has 0 radical (unpaired) electrons. The second-order valence-corrected chi connectivity index (χ2v) is 3.69. The van der Waals surface area contributed by atoms with Gasteiger partial charge in [0.05, 0.1) is 6.04 Å². The second kappa shape index (κ2) is 3.32. The minimum Gasteiger partial charge on any atom is -0.383 e. The Bertz CT molecular complexity index is 147. The van der Waals surface area contributed by atoms with Gasteiger partial charge in [0.25, 0.3) is 0 Å². The lowest BCUT2D eigenvalue weighted by Gasteiger charge is -2.22. The Morgan fingerprint density at radius 3 is 1.91 bits per heavy atom. The van der Waals surface area contributed by atoms with Crippen molar-refractivity contribution in [3.05, 3.63) is 0 Å². The Morgan fingerprint density at radius 2 is 1.82 bits per heavy atom. The highest BCUT2D eigenvalue weighted by atomic mass is 16.3. The number of hydrogen-bond donors (Lipinski definition) is 2. The van der Waals surface area contributed by atoms with E-state index >= 15 is 0 Å². The normalized spacial score (nSPS) is 15.2. The Labute approximate surface area is 67.6 Å². The van der Waals surface area contributed by atoms with Crippen LogP contribution in [-0.4, -0.2) is 22.5 Å². The first kappa shape index (κ1) is 10.6. The van der Waals surface area contributed by atoms with Crippen molar-refractivity contribution in [3.8, 4) is 0 Å². The Balaban J connectivity index is 4.26. The maximum absolute atomic E-state index is 11.2. The molecule has 1 unspecified atom stereocenters. The van der Waals surface area contributed by atoms with Crippen molar-refractivity contribution >= 4 is 5.78 Å². The van der Waals surface area contributed by atoms with Crippen LogP contribution in [0.4, 0.5) is 0 Å². The molecule has 0 fully saturated rings. The third-order valence-corrected chi connectivity index (χ3v) is 1.62. The van der Waals surface area contributed by atoms with Gasteiger partial charge in [-0.2, -0.15) is 0 Å². The summed E-state index contributed by atoms with van der Waals surface area (Å²) in [5, 5.41) is 9.28. The summed E-state index contributed by atoms with van der Waals surface area (Å²) in [5.74, 6) is -0.221. The van der Waals surface area contributed by atoms with Gasteiger partial charge in [0.2, 0.25) is 0 Å². The van der Waals surface area contributed by atoms with Gasteiger partial charge in [0, 0.05) is 0 Å². The van der Waals surface area contributed by atoms with Gasteiger partial charge in [-0.25, -0.2) is 0 Å². The molecule has 3 N–H and O–H groups in total. The largest absolute Gasteiger partial charge is 0.383 e. The van der Waals surface area contributed by atoms with Crippen molar-refractivity contribution in [1.29, 1.82) is 0 Å². The van der Waals surface area contributed by atoms with Gasteiger partial charge < -0.3 is 10.8 Å². The number of carbonyl (C=O) groups is 1. The standard InChI is InChI=1S/C8H17NO2/c1-5(2)6(9)7(10)8(3,4)11/h5-6,11H,9H2,1-4H3. The van der Waals surface area contributed by atoms with Crippen molar-refractivity contribution in [3.63, 3.8) is 0 Å². The summed E-state index contributed by atoms with van der Waals surface area (Å²) in [6.07, 6.45) is 0. The molecule has 0 spiro atoms. The molecular formula is C8H17NO2. The number of nitrogens with two attached hydrogens (primary N) is 1. The summed E-state index contributed by atoms with van der Waals surface area (Å²) in [6, 6.07) is -0.560. The van der Waals surface area contributed by atoms with Crippen LogP contribution in [0.25, 0.3) is 0 Å². The van der Waals surface area contributed by atoms with Crippen LogP contribution in [0.15, 0.2) is 0 Å². The molecule has 3 heteroatoms. The van der Waals surface area contributed by atoms with Crippen LogP contribution in [0.5, 0.6) is 0 Å². The van der Waals surface area contributed by atoms with Crippen molar-refractivity contribution in [2.45, 2.75) is 39.3 Å². The highest BCUT2D eigenvalue weighted by Crippen LogP contribution is 2.10. The van der Waals surface area contributed by atoms with Crippen LogP contribution in [0.3, 0.4) is 0 Å². The highest BCUT2D eigenvalue weighted by molar-refractivity contribution is 5.90. The molecule has 0 aliphatic rings. The fourth-order valence-corrected chi connectivity index (χ4v) is 0.711. The number of hydrogen-bond acceptors (Lipinski definition) is 3. The lowest BCUT2D eigenvalue weighted by atomic mass is 9.91. The average molecular weight is 159 g/mol. The van der Waals surface area contributed by atoms with E-state index in [1.807, 2.05) is 13.8 Å². The third-order valence-electron chi connectivity index (χ3n) is 1.62. The molecule has 0 aromatic carbocycles. The Hall–Kier alpha value is -0.410. The zero-order valence-electron chi connectivity index (χ0n) is 7.59. The van der Waals surface area contributed by atoms with E-state index in [4.69, 9.17) is 5.73 Å². The van der Waals surface area contributed by atoms with E-state index < -0.39 is 11.6 Å². The van der Waals surface area contributed by atoms with Crippen LogP contribution >= 0.6 is 0 Å². The predicted octanol–water partition coefficient (Wildman–Crippen LogP) is 0.310. The van der Waals surface area contributed by atoms with Crippen molar-refractivity contribution in [1.82, 2.24) is 0 Å². The van der Waals surface area contributed by atoms with Crippen LogP contribution in [0.2, 0.25) is 0 Å². The van der Waals surface area contributed by atoms with E-state index in [1.165, 1.54) is 13.8 Å². The topological polar surface area (TPSA) is 63.3 Å². The number of rotatable bonds is 3. The first-order chi connectivity index (χ1) is 4.76. The van der Waals surface area contributed by atoms with Crippen molar-refractivity contribution < 1.29 is 9.90 Å². The van der Waals surface area contributed by atoms with Crippen LogP contribution in [0.1, 0.15) is 27.7 Å². The van der Waals surface area contributed by atoms with Crippen LogP contribution < -0.4 is 5.73 Å². The first-order valence-electron chi connectivity index (χ1n) is 3.79. The lowest BCUT2D eigenvalue weighted by molar-refractivity contribution is -0.136. The molecule has 0 saturated carbocycles. The molecule has 1 atom stereocenters. The van der Waals surface area contributed by atoms with E-state index in [9.17, 15) is 9.90 Å². The molecule has 0 aliphatic heterocycles. The maximum Gasteiger partial charge on any atom is 0.180 e. The average Bonchev–Trinajstić information content (AvgIpc) is 1.82. The molecule has 0 amide bonds. The zero-order valence-corrected chi connectivity index (χ0v) is 7.59. The van der Waals surface area contributed by atoms with E-state index in [0.29, 0.717) is 0 Å². The molecule has 0 aliphatic carbocycles. The van der Waals surface area contributed by atoms with Gasteiger partial charge in [0.1, 0.15) is 5.60 Å². The fraction of sp³-hybridized carbons (Fsp3) is 0.875. The summed E-state index contributed by atoms with van der Waals surface area (Å²) in [6.45, 7) is 6.62. The highest BCUT2D eigenvalue weighted by Gasteiger charge is 2.30. The molecule has 3 nitrogen and oxygen atoms in total. The second-order valence-electron chi connectivity index (χ2n) is 3.69. The first-order valence-corrected chi connectivity index (χ1v) is 3.79. The summed E-state index contributed by atoms with van der Waals surface area (Å²) < 4.78 is 0. The number of Topliss-reactive ketones (excluding diaryl/α,β-unsaturated/α-hetero) is 1. The fourth-order valence-electron chi connectivity index (χ4n) is 0.711. The molecule has 0 heterocycles. The smallest absolute Gasteiger partial charge is 0.180 e. The van der Waals surface area contributed by atoms with Crippen molar-refractivity contribution in [2.75, 3.05) is 0 Å². The number of ketones is 1. The summed E-state index contributed by atoms with van der Waals surface area (Å²) in [7, 11) is 0. The molecular weight excluding hydrogens is 142 g/mol. The van der Waals surface area contributed by atoms with Gasteiger partial charge in [0.15, 0.2) is 5.78 Å². The summed E-state index contributed by atoms with van der Waals surface area (Å²) >= 11 is 0. The van der Waals surface area contributed by atoms with Crippen LogP contribution in [-0.2, 0) is 4.79 Å². The monoisotopic (exact) mass is 159 g/mol. The maximum atomic E-state index is 11.2. The lowest BCUT2D eigenvalue weighted by Crippen LogP contribution is -2.47. The van der Waals surface area contributed by atoms with Gasteiger partial charge in [-0.15, -0.1) is 0 Å². The van der Waals surface area contributed by atoms with E-state index in [-0.39, 0.29) is 11.7 Å². The Kier molecular flexibility index (Phi) is 3.20. The van der Waals surface area contributed by atoms with E-state index in [1.54, 1.807) is 0 Å². The van der Waals surface area contributed by atoms with Gasteiger partial charge >= 0.3 is 0 Å². The van der Waals surface area contributed by atoms with Gasteiger partial charge in [-0.1, -0.05) is 13.8 Å². The van der Waals surface area contributed by atoms with E-state index in [0.717, 1.165) is 0 Å². The number of aliphatic hydroxyl groups is 1. The molecule has 0 bridgehead atoms. The molecule has 11 heavy (non-hydrogen) atoms. The summed E-state index contributed by atoms with van der Waals surface area (Å²) in [4.78, 5) is 11.2. The minimum atomic E-state index is -1.30. The molecule has 0 aromatic heterocycles. The third kappa shape index (κ3) is 2.99. The number of carbonyl (C=O) groups excluding carboxylic acids is 1. The van der Waals surface area contributed by atoms with E-state index in [2.05, 4.69) is 0 Å². The predicted molar refractivity (Wildman–Crippen MR) is 44.1 cm³/mol. The van der Waals surface area contributed by atoms with Gasteiger partial charge in [-0.3, -0.25) is 4.79 Å². The quantitative estimate of drug-likeness (QED) is 0.623.